The van der Waals surface area contributed by atoms with Crippen LogP contribution in [0, 0.1) is 12.7 Å². The lowest BCUT2D eigenvalue weighted by atomic mass is 10.2. The van der Waals surface area contributed by atoms with Gasteiger partial charge in [0.1, 0.15) is 5.82 Å². The molecule has 18 heavy (non-hydrogen) atoms. The van der Waals surface area contributed by atoms with E-state index in [0.717, 1.165) is 6.07 Å². The number of halogens is 1. The Labute approximate surface area is 105 Å². The smallest absolute Gasteiger partial charge is 0.261 e. The molecule has 0 aliphatic heterocycles. The number of nitrogens with one attached hydrogen (secondary N) is 1. The van der Waals surface area contributed by atoms with Gasteiger partial charge in [0, 0.05) is 0 Å². The van der Waals surface area contributed by atoms with Crippen molar-refractivity contribution in [3.05, 3.63) is 59.9 Å². The molecule has 0 bridgehead atoms. The van der Waals surface area contributed by atoms with Crippen LogP contribution in [-0.4, -0.2) is 8.42 Å². The molecule has 2 aromatic rings. The molecule has 0 amide bonds. The highest BCUT2D eigenvalue weighted by Gasteiger charge is 2.13. The zero-order chi connectivity index (χ0) is 13.2. The van der Waals surface area contributed by atoms with Gasteiger partial charge in [0.25, 0.3) is 10.0 Å². The third kappa shape index (κ3) is 2.68. The topological polar surface area (TPSA) is 46.2 Å². The Balaban J connectivity index is 2.31. The number of anilines is 1. The van der Waals surface area contributed by atoms with Gasteiger partial charge in [-0.1, -0.05) is 24.3 Å². The van der Waals surface area contributed by atoms with Crippen LogP contribution in [0.4, 0.5) is 10.1 Å². The number of benzene rings is 2. The summed E-state index contributed by atoms with van der Waals surface area (Å²) in [4.78, 5) is 0.144. The van der Waals surface area contributed by atoms with Crippen molar-refractivity contribution in [2.75, 3.05) is 4.72 Å². The first-order valence-corrected chi connectivity index (χ1v) is 6.81. The Morgan fingerprint density at radius 1 is 1.06 bits per heavy atom. The molecule has 2 aromatic carbocycles. The van der Waals surface area contributed by atoms with Gasteiger partial charge >= 0.3 is 0 Å². The second-order valence-electron chi connectivity index (χ2n) is 3.88. The van der Waals surface area contributed by atoms with Gasteiger partial charge in [0.2, 0.25) is 0 Å². The number of sulfonamides is 1. The fraction of sp³-hybridized carbons (Fsp3) is 0.0769. The molecule has 0 aromatic heterocycles. The van der Waals surface area contributed by atoms with Gasteiger partial charge in [0.15, 0.2) is 0 Å². The van der Waals surface area contributed by atoms with Crippen LogP contribution in [0.15, 0.2) is 53.4 Å². The van der Waals surface area contributed by atoms with Crippen LogP contribution < -0.4 is 4.72 Å². The van der Waals surface area contributed by atoms with Crippen molar-refractivity contribution in [3.63, 3.8) is 0 Å². The summed E-state index contributed by atoms with van der Waals surface area (Å²) in [7, 11) is -3.66. The van der Waals surface area contributed by atoms with Gasteiger partial charge < -0.3 is 0 Å². The molecule has 0 fully saturated rings. The number of hydrogen-bond acceptors (Lipinski definition) is 2. The van der Waals surface area contributed by atoms with Crippen molar-refractivity contribution >= 4 is 15.7 Å². The van der Waals surface area contributed by atoms with E-state index in [0.29, 0.717) is 5.56 Å². The fourth-order valence-corrected chi connectivity index (χ4v) is 2.54. The first-order valence-electron chi connectivity index (χ1n) is 5.33. The molecular formula is C13H12FNO2S. The van der Waals surface area contributed by atoms with Gasteiger partial charge in [-0.05, 0) is 36.8 Å². The molecule has 1 N–H and O–H groups in total. The van der Waals surface area contributed by atoms with E-state index in [-0.39, 0.29) is 10.6 Å². The van der Waals surface area contributed by atoms with Gasteiger partial charge in [-0.2, -0.15) is 0 Å². The Morgan fingerprint density at radius 3 is 2.33 bits per heavy atom. The molecule has 0 saturated heterocycles. The third-order valence-corrected chi connectivity index (χ3v) is 3.87. The van der Waals surface area contributed by atoms with Crippen LogP contribution in [0.1, 0.15) is 5.56 Å². The van der Waals surface area contributed by atoms with Crippen LogP contribution in [0.2, 0.25) is 0 Å². The minimum atomic E-state index is -3.66. The van der Waals surface area contributed by atoms with Crippen molar-refractivity contribution in [3.8, 4) is 0 Å². The largest absolute Gasteiger partial charge is 0.280 e. The van der Waals surface area contributed by atoms with Crippen molar-refractivity contribution in [1.29, 1.82) is 0 Å². The number of aryl methyl sites for hydroxylation is 1. The molecule has 0 heterocycles. The predicted molar refractivity (Wildman–Crippen MR) is 68.4 cm³/mol. The van der Waals surface area contributed by atoms with Crippen molar-refractivity contribution < 1.29 is 12.8 Å². The van der Waals surface area contributed by atoms with Crippen LogP contribution in [-0.2, 0) is 10.0 Å². The summed E-state index contributed by atoms with van der Waals surface area (Å²) in [5.41, 5.74) is 0.680. The fourth-order valence-electron chi connectivity index (χ4n) is 1.47. The Bertz CT molecular complexity index is 654. The highest BCUT2D eigenvalue weighted by molar-refractivity contribution is 7.92. The maximum Gasteiger partial charge on any atom is 0.261 e. The molecule has 0 atom stereocenters. The summed E-state index contributed by atoms with van der Waals surface area (Å²) in [5, 5.41) is 0. The lowest BCUT2D eigenvalue weighted by molar-refractivity contribution is 0.601. The highest BCUT2D eigenvalue weighted by Crippen LogP contribution is 2.18. The normalized spacial score (nSPS) is 11.2. The van der Waals surface area contributed by atoms with Gasteiger partial charge in [-0.3, -0.25) is 4.72 Å². The van der Waals surface area contributed by atoms with Crippen LogP contribution in [0.5, 0.6) is 0 Å². The second-order valence-corrected chi connectivity index (χ2v) is 5.56. The van der Waals surface area contributed by atoms with E-state index in [1.807, 2.05) is 0 Å². The van der Waals surface area contributed by atoms with E-state index in [4.69, 9.17) is 0 Å². The number of hydrogen-bond donors (Lipinski definition) is 1. The summed E-state index contributed by atoms with van der Waals surface area (Å²) < 4.78 is 39.6. The average Bonchev–Trinajstić information content (AvgIpc) is 2.35. The van der Waals surface area contributed by atoms with Gasteiger partial charge in [0.05, 0.1) is 10.6 Å². The van der Waals surface area contributed by atoms with Crippen LogP contribution in [0.25, 0.3) is 0 Å². The molecule has 2 rings (SSSR count). The van der Waals surface area contributed by atoms with E-state index in [2.05, 4.69) is 4.72 Å². The second kappa shape index (κ2) is 4.78. The quantitative estimate of drug-likeness (QED) is 0.927. The van der Waals surface area contributed by atoms with E-state index in [1.165, 1.54) is 24.3 Å². The zero-order valence-corrected chi connectivity index (χ0v) is 10.5. The molecule has 0 spiro atoms. The van der Waals surface area contributed by atoms with Crippen molar-refractivity contribution in [2.45, 2.75) is 11.8 Å². The summed E-state index contributed by atoms with van der Waals surface area (Å²) in [5.74, 6) is -0.441. The molecule has 0 radical (unpaired) electrons. The van der Waals surface area contributed by atoms with Crippen LogP contribution in [0.3, 0.4) is 0 Å². The van der Waals surface area contributed by atoms with Gasteiger partial charge in [-0.15, -0.1) is 0 Å². The van der Waals surface area contributed by atoms with Crippen molar-refractivity contribution in [1.82, 2.24) is 0 Å². The molecule has 0 aliphatic rings. The van der Waals surface area contributed by atoms with E-state index in [1.54, 1.807) is 25.1 Å². The Morgan fingerprint density at radius 2 is 1.72 bits per heavy atom. The third-order valence-electron chi connectivity index (χ3n) is 2.48. The minimum Gasteiger partial charge on any atom is -0.280 e. The summed E-state index contributed by atoms with van der Waals surface area (Å²) in [6.07, 6.45) is 0. The number of rotatable bonds is 3. The lowest BCUT2D eigenvalue weighted by Crippen LogP contribution is -2.12. The first kappa shape index (κ1) is 12.6. The molecule has 3 nitrogen and oxygen atoms in total. The summed E-state index contributed by atoms with van der Waals surface area (Å²) in [6, 6.07) is 12.2. The van der Waals surface area contributed by atoms with Crippen LogP contribution >= 0.6 is 0 Å². The molecular weight excluding hydrogens is 253 g/mol. The molecule has 94 valence electrons. The predicted octanol–water partition coefficient (Wildman–Crippen LogP) is 2.93. The summed E-state index contributed by atoms with van der Waals surface area (Å²) in [6.45, 7) is 1.62. The Hall–Kier alpha value is -1.88. The first-order chi connectivity index (χ1) is 8.49. The highest BCUT2D eigenvalue weighted by atomic mass is 32.2. The molecule has 0 aliphatic carbocycles. The molecule has 0 unspecified atom stereocenters. The SMILES string of the molecule is Cc1ccc(NS(=O)(=O)c2ccccc2)cc1F. The van der Waals surface area contributed by atoms with Gasteiger partial charge in [-0.25, -0.2) is 12.8 Å². The van der Waals surface area contributed by atoms with E-state index >= 15 is 0 Å². The lowest BCUT2D eigenvalue weighted by Gasteiger charge is -2.08. The molecule has 5 heteroatoms. The maximum atomic E-state index is 13.3. The Kier molecular flexibility index (Phi) is 3.34. The van der Waals surface area contributed by atoms with E-state index < -0.39 is 15.8 Å². The summed E-state index contributed by atoms with van der Waals surface area (Å²) >= 11 is 0. The van der Waals surface area contributed by atoms with E-state index in [9.17, 15) is 12.8 Å². The average molecular weight is 265 g/mol. The standard InChI is InChI=1S/C13H12FNO2S/c1-10-7-8-11(9-13(10)14)15-18(16,17)12-5-3-2-4-6-12/h2-9,15H,1H3. The minimum absolute atomic E-state index is 0.144. The molecule has 0 saturated carbocycles. The maximum absolute atomic E-state index is 13.3. The monoisotopic (exact) mass is 265 g/mol. The van der Waals surface area contributed by atoms with Crippen molar-refractivity contribution in [2.24, 2.45) is 0 Å². The zero-order valence-electron chi connectivity index (χ0n) is 9.72.